The van der Waals surface area contributed by atoms with Gasteiger partial charge in [-0.25, -0.2) is 4.98 Å². The molecule has 1 unspecified atom stereocenters. The number of nitrogens with two attached hydrogens (primary N) is 1. The third-order valence-electron chi connectivity index (χ3n) is 3.76. The Balaban J connectivity index is 2.14. The van der Waals surface area contributed by atoms with Gasteiger partial charge in [0.25, 0.3) is 0 Å². The molecule has 0 saturated carbocycles. The summed E-state index contributed by atoms with van der Waals surface area (Å²) >= 11 is 0. The van der Waals surface area contributed by atoms with Crippen LogP contribution >= 0.6 is 0 Å². The molecule has 0 saturated heterocycles. The maximum Gasteiger partial charge on any atom is 0.0994 e. The first-order valence-electron chi connectivity index (χ1n) is 6.66. The summed E-state index contributed by atoms with van der Waals surface area (Å²) in [5, 5.41) is 0. The predicted octanol–water partition coefficient (Wildman–Crippen LogP) is 2.77. The molecular weight excluding hydrogens is 222 g/mol. The minimum absolute atomic E-state index is 0.00643. The number of hydrogen-bond donors (Lipinski definition) is 1. The molecule has 1 atom stereocenters. The second kappa shape index (κ2) is 4.58. The molecule has 2 N–H and O–H groups in total. The van der Waals surface area contributed by atoms with Gasteiger partial charge >= 0.3 is 0 Å². The van der Waals surface area contributed by atoms with E-state index in [1.807, 2.05) is 19.4 Å². The zero-order valence-electron chi connectivity index (χ0n) is 10.8. The summed E-state index contributed by atoms with van der Waals surface area (Å²) in [5.74, 6) is 0. The summed E-state index contributed by atoms with van der Waals surface area (Å²) in [7, 11) is 0. The second-order valence-corrected chi connectivity index (χ2v) is 5.10. The fourth-order valence-corrected chi connectivity index (χ4v) is 2.83. The molecule has 18 heavy (non-hydrogen) atoms. The smallest absolute Gasteiger partial charge is 0.0994 e. The van der Waals surface area contributed by atoms with E-state index in [0.29, 0.717) is 0 Å². The van der Waals surface area contributed by atoms with E-state index in [1.54, 1.807) is 0 Å². The molecule has 1 aliphatic rings. The van der Waals surface area contributed by atoms with Crippen LogP contribution in [0.25, 0.3) is 5.69 Å². The van der Waals surface area contributed by atoms with Crippen LogP contribution in [0.3, 0.4) is 0 Å². The Bertz CT molecular complexity index is 555. The molecule has 3 nitrogen and oxygen atoms in total. The molecule has 1 aliphatic carbocycles. The van der Waals surface area contributed by atoms with Gasteiger partial charge in [-0.2, -0.15) is 0 Å². The zero-order chi connectivity index (χ0) is 12.5. The van der Waals surface area contributed by atoms with Crippen LogP contribution in [0, 0.1) is 0 Å². The third-order valence-corrected chi connectivity index (χ3v) is 3.76. The molecule has 3 heteroatoms. The van der Waals surface area contributed by atoms with Crippen molar-refractivity contribution in [2.75, 3.05) is 0 Å². The zero-order valence-corrected chi connectivity index (χ0v) is 10.8. The molecule has 1 heterocycles. The predicted molar refractivity (Wildman–Crippen MR) is 72.8 cm³/mol. The van der Waals surface area contributed by atoms with Crippen molar-refractivity contribution in [2.45, 2.75) is 38.6 Å². The minimum atomic E-state index is 0.00643. The van der Waals surface area contributed by atoms with Gasteiger partial charge in [0.1, 0.15) is 0 Å². The standard InChI is InChI=1S/C15H19N3/c1-11(16)15-9-17-10-18(15)14-8-4-6-12-5-2-3-7-13(12)14/h4,6,8-11H,2-3,5,7,16H2,1H3. The lowest BCUT2D eigenvalue weighted by Gasteiger charge is -2.21. The van der Waals surface area contributed by atoms with Gasteiger partial charge in [-0.05, 0) is 49.8 Å². The lowest BCUT2D eigenvalue weighted by molar-refractivity contribution is 0.676. The highest BCUT2D eigenvalue weighted by Gasteiger charge is 2.16. The van der Waals surface area contributed by atoms with Crippen LogP contribution in [0.5, 0.6) is 0 Å². The number of nitrogens with zero attached hydrogens (tertiary/aromatic N) is 2. The number of aromatic nitrogens is 2. The normalized spacial score (nSPS) is 16.3. The number of rotatable bonds is 2. The maximum absolute atomic E-state index is 6.01. The van der Waals surface area contributed by atoms with Crippen LogP contribution in [0.1, 0.15) is 42.6 Å². The van der Waals surface area contributed by atoms with Crippen LogP contribution in [0.4, 0.5) is 0 Å². The van der Waals surface area contributed by atoms with Gasteiger partial charge in [-0.3, -0.25) is 0 Å². The number of imidazole rings is 1. The Labute approximate surface area is 108 Å². The molecule has 1 aromatic carbocycles. The lowest BCUT2D eigenvalue weighted by Crippen LogP contribution is -2.13. The fraction of sp³-hybridized carbons (Fsp3) is 0.400. The van der Waals surface area contributed by atoms with Crippen LogP contribution in [0.2, 0.25) is 0 Å². The van der Waals surface area contributed by atoms with Crippen molar-refractivity contribution < 1.29 is 0 Å². The highest BCUT2D eigenvalue weighted by Crippen LogP contribution is 2.28. The Morgan fingerprint density at radius 3 is 2.94 bits per heavy atom. The van der Waals surface area contributed by atoms with Crippen molar-refractivity contribution in [3.63, 3.8) is 0 Å². The number of benzene rings is 1. The summed E-state index contributed by atoms with van der Waals surface area (Å²) in [6.07, 6.45) is 8.70. The number of fused-ring (bicyclic) bond motifs is 1. The molecule has 3 rings (SSSR count). The molecule has 0 radical (unpaired) electrons. The first-order valence-corrected chi connectivity index (χ1v) is 6.66. The van der Waals surface area contributed by atoms with Crippen LogP contribution < -0.4 is 5.73 Å². The van der Waals surface area contributed by atoms with Gasteiger partial charge < -0.3 is 10.3 Å². The molecule has 0 amide bonds. The molecule has 1 aromatic heterocycles. The lowest BCUT2D eigenvalue weighted by atomic mass is 9.90. The Morgan fingerprint density at radius 2 is 2.11 bits per heavy atom. The van der Waals surface area contributed by atoms with Gasteiger partial charge in [0.15, 0.2) is 0 Å². The first-order chi connectivity index (χ1) is 8.77. The fourth-order valence-electron chi connectivity index (χ4n) is 2.83. The van der Waals surface area contributed by atoms with Crippen LogP contribution in [-0.4, -0.2) is 9.55 Å². The van der Waals surface area contributed by atoms with Crippen molar-refractivity contribution in [2.24, 2.45) is 5.73 Å². The van der Waals surface area contributed by atoms with Crippen molar-refractivity contribution in [1.29, 1.82) is 0 Å². The van der Waals surface area contributed by atoms with Gasteiger partial charge in [-0.15, -0.1) is 0 Å². The van der Waals surface area contributed by atoms with Gasteiger partial charge in [-0.1, -0.05) is 12.1 Å². The summed E-state index contributed by atoms with van der Waals surface area (Å²) in [5.41, 5.74) is 11.3. The van der Waals surface area contributed by atoms with E-state index in [4.69, 9.17) is 5.73 Å². The van der Waals surface area contributed by atoms with E-state index < -0.39 is 0 Å². The van der Waals surface area contributed by atoms with Crippen molar-refractivity contribution in [3.05, 3.63) is 47.5 Å². The Morgan fingerprint density at radius 1 is 1.28 bits per heavy atom. The van der Waals surface area contributed by atoms with E-state index in [0.717, 1.165) is 5.69 Å². The topological polar surface area (TPSA) is 43.8 Å². The van der Waals surface area contributed by atoms with Gasteiger partial charge in [0.2, 0.25) is 0 Å². The summed E-state index contributed by atoms with van der Waals surface area (Å²) < 4.78 is 2.15. The number of aryl methyl sites for hydroxylation is 1. The van der Waals surface area contributed by atoms with Crippen molar-refractivity contribution in [1.82, 2.24) is 9.55 Å². The number of hydrogen-bond acceptors (Lipinski definition) is 2. The summed E-state index contributed by atoms with van der Waals surface area (Å²) in [6.45, 7) is 2.00. The quantitative estimate of drug-likeness (QED) is 0.878. The third kappa shape index (κ3) is 1.85. The average molecular weight is 241 g/mol. The molecular formula is C15H19N3. The van der Waals surface area contributed by atoms with Crippen molar-refractivity contribution in [3.8, 4) is 5.69 Å². The molecule has 2 aromatic rings. The minimum Gasteiger partial charge on any atom is -0.323 e. The molecule has 0 aliphatic heterocycles. The second-order valence-electron chi connectivity index (χ2n) is 5.10. The highest BCUT2D eigenvalue weighted by molar-refractivity contribution is 5.48. The summed E-state index contributed by atoms with van der Waals surface area (Å²) in [6, 6.07) is 6.58. The van der Waals surface area contributed by atoms with E-state index in [2.05, 4.69) is 27.8 Å². The van der Waals surface area contributed by atoms with E-state index in [-0.39, 0.29) is 6.04 Å². The van der Waals surface area contributed by atoms with Gasteiger partial charge in [0.05, 0.1) is 23.9 Å². The largest absolute Gasteiger partial charge is 0.323 e. The monoisotopic (exact) mass is 241 g/mol. The highest BCUT2D eigenvalue weighted by atomic mass is 15.1. The molecule has 0 bridgehead atoms. The van der Waals surface area contributed by atoms with Gasteiger partial charge in [0, 0.05) is 6.04 Å². The first kappa shape index (κ1) is 11.5. The van der Waals surface area contributed by atoms with E-state index in [1.165, 1.54) is 42.5 Å². The molecule has 0 spiro atoms. The SMILES string of the molecule is CC(N)c1cncn1-c1cccc2c1CCCC2. The van der Waals surface area contributed by atoms with Crippen LogP contribution in [-0.2, 0) is 12.8 Å². The Kier molecular flexibility index (Phi) is 2.92. The van der Waals surface area contributed by atoms with E-state index >= 15 is 0 Å². The molecule has 94 valence electrons. The van der Waals surface area contributed by atoms with Crippen LogP contribution in [0.15, 0.2) is 30.7 Å². The van der Waals surface area contributed by atoms with Crippen molar-refractivity contribution >= 4 is 0 Å². The maximum atomic E-state index is 6.01. The Hall–Kier alpha value is -1.61. The average Bonchev–Trinajstić information content (AvgIpc) is 2.87. The molecule has 0 fully saturated rings. The summed E-state index contributed by atoms with van der Waals surface area (Å²) in [4.78, 5) is 4.25. The van der Waals surface area contributed by atoms with E-state index in [9.17, 15) is 0 Å².